The third-order valence-corrected chi connectivity index (χ3v) is 4.59. The van der Waals surface area contributed by atoms with Crippen LogP contribution in [0.2, 0.25) is 0 Å². The van der Waals surface area contributed by atoms with Crippen molar-refractivity contribution in [1.82, 2.24) is 0 Å². The van der Waals surface area contributed by atoms with E-state index < -0.39 is 0 Å². The molecule has 28 heavy (non-hydrogen) atoms. The van der Waals surface area contributed by atoms with E-state index >= 15 is 0 Å². The van der Waals surface area contributed by atoms with Crippen LogP contribution in [-0.2, 0) is 4.79 Å². The SMILES string of the molecule is CCCS/C(N)=N\c1ccc(C(=O)Nc2cc(NC(C)=O)ccc2OC)cc1. The number of hydrogen-bond donors (Lipinski definition) is 3. The van der Waals surface area contributed by atoms with Gasteiger partial charge in [-0.1, -0.05) is 18.7 Å². The molecule has 0 fully saturated rings. The van der Waals surface area contributed by atoms with E-state index in [1.54, 1.807) is 42.5 Å². The zero-order chi connectivity index (χ0) is 20.5. The molecule has 2 aromatic carbocycles. The molecule has 0 radical (unpaired) electrons. The van der Waals surface area contributed by atoms with E-state index in [2.05, 4.69) is 22.5 Å². The van der Waals surface area contributed by atoms with E-state index in [1.165, 1.54) is 25.8 Å². The Morgan fingerprint density at radius 3 is 2.46 bits per heavy atom. The molecule has 0 aliphatic carbocycles. The number of anilines is 2. The molecular weight excluding hydrogens is 376 g/mol. The monoisotopic (exact) mass is 400 g/mol. The molecule has 2 rings (SSSR count). The normalized spacial score (nSPS) is 11.0. The lowest BCUT2D eigenvalue weighted by Gasteiger charge is -2.12. The summed E-state index contributed by atoms with van der Waals surface area (Å²) in [6.07, 6.45) is 1.02. The molecule has 0 aromatic heterocycles. The van der Waals surface area contributed by atoms with Crippen LogP contribution in [-0.4, -0.2) is 29.8 Å². The molecule has 0 saturated heterocycles. The smallest absolute Gasteiger partial charge is 0.255 e. The van der Waals surface area contributed by atoms with Gasteiger partial charge in [-0.2, -0.15) is 0 Å². The number of nitrogens with zero attached hydrogens (tertiary/aromatic N) is 1. The van der Waals surface area contributed by atoms with Gasteiger partial charge in [0, 0.05) is 23.9 Å². The van der Waals surface area contributed by atoms with E-state index in [0.29, 0.717) is 33.5 Å². The lowest BCUT2D eigenvalue weighted by Crippen LogP contribution is -2.13. The molecular formula is C20H24N4O3S. The molecule has 7 nitrogen and oxygen atoms in total. The second kappa shape index (κ2) is 10.4. The average Bonchev–Trinajstić information content (AvgIpc) is 2.66. The molecule has 8 heteroatoms. The molecule has 2 amide bonds. The van der Waals surface area contributed by atoms with Crippen LogP contribution in [0.15, 0.2) is 47.5 Å². The number of benzene rings is 2. The number of amides is 2. The number of amidine groups is 1. The molecule has 0 spiro atoms. The third-order valence-electron chi connectivity index (χ3n) is 3.59. The number of nitrogens with one attached hydrogen (secondary N) is 2. The summed E-state index contributed by atoms with van der Waals surface area (Å²) in [4.78, 5) is 28.1. The van der Waals surface area contributed by atoms with Crippen molar-refractivity contribution < 1.29 is 14.3 Å². The van der Waals surface area contributed by atoms with E-state index in [4.69, 9.17) is 10.5 Å². The number of nitrogens with two attached hydrogens (primary N) is 1. The Balaban J connectivity index is 2.13. The van der Waals surface area contributed by atoms with Crippen molar-refractivity contribution in [2.75, 3.05) is 23.5 Å². The maximum Gasteiger partial charge on any atom is 0.255 e. The molecule has 0 heterocycles. The molecule has 0 bridgehead atoms. The number of methoxy groups -OCH3 is 1. The molecule has 2 aromatic rings. The average molecular weight is 401 g/mol. The molecule has 0 saturated carbocycles. The van der Waals surface area contributed by atoms with Crippen LogP contribution >= 0.6 is 11.8 Å². The lowest BCUT2D eigenvalue weighted by atomic mass is 10.2. The molecule has 0 unspecified atom stereocenters. The van der Waals surface area contributed by atoms with Gasteiger partial charge in [-0.15, -0.1) is 0 Å². The van der Waals surface area contributed by atoms with E-state index in [9.17, 15) is 9.59 Å². The minimum atomic E-state index is -0.304. The summed E-state index contributed by atoms with van der Waals surface area (Å²) >= 11 is 1.50. The first-order chi connectivity index (χ1) is 13.4. The summed E-state index contributed by atoms with van der Waals surface area (Å²) in [6, 6.07) is 11.8. The maximum absolute atomic E-state index is 12.6. The van der Waals surface area contributed by atoms with Gasteiger partial charge in [-0.25, -0.2) is 4.99 Å². The summed E-state index contributed by atoms with van der Waals surface area (Å²) in [5.41, 5.74) is 8.03. The summed E-state index contributed by atoms with van der Waals surface area (Å²) < 4.78 is 5.28. The Labute approximate surface area is 168 Å². The first-order valence-electron chi connectivity index (χ1n) is 8.77. The highest BCUT2D eigenvalue weighted by Gasteiger charge is 2.11. The molecule has 148 valence electrons. The predicted molar refractivity (Wildman–Crippen MR) is 116 cm³/mol. The van der Waals surface area contributed by atoms with E-state index in [0.717, 1.165) is 12.2 Å². The predicted octanol–water partition coefficient (Wildman–Crippen LogP) is 4.00. The Hall–Kier alpha value is -3.00. The van der Waals surface area contributed by atoms with Gasteiger partial charge in [0.2, 0.25) is 5.91 Å². The van der Waals surface area contributed by atoms with Gasteiger partial charge in [-0.3, -0.25) is 9.59 Å². The molecule has 0 aliphatic heterocycles. The minimum absolute atomic E-state index is 0.199. The van der Waals surface area contributed by atoms with Gasteiger partial charge < -0.3 is 21.1 Å². The second-order valence-corrected chi connectivity index (χ2v) is 7.01. The van der Waals surface area contributed by atoms with Crippen LogP contribution in [0.5, 0.6) is 5.75 Å². The van der Waals surface area contributed by atoms with Gasteiger partial charge in [0.25, 0.3) is 5.91 Å². The highest BCUT2D eigenvalue weighted by molar-refractivity contribution is 8.13. The number of ether oxygens (including phenoxy) is 1. The quantitative estimate of drug-likeness (QED) is 0.481. The van der Waals surface area contributed by atoms with Crippen molar-refractivity contribution in [3.8, 4) is 5.75 Å². The van der Waals surface area contributed by atoms with Gasteiger partial charge in [0.15, 0.2) is 5.17 Å². The topological polar surface area (TPSA) is 106 Å². The number of hydrogen-bond acceptors (Lipinski definition) is 5. The first kappa shape index (κ1) is 21.3. The Kier molecular flexibility index (Phi) is 7.88. The van der Waals surface area contributed by atoms with Gasteiger partial charge in [-0.05, 0) is 48.9 Å². The Morgan fingerprint density at radius 2 is 1.86 bits per heavy atom. The Morgan fingerprint density at radius 1 is 1.14 bits per heavy atom. The summed E-state index contributed by atoms with van der Waals surface area (Å²) in [5, 5.41) is 5.97. The molecule has 0 atom stereocenters. The first-order valence-corrected chi connectivity index (χ1v) is 9.75. The minimum Gasteiger partial charge on any atom is -0.495 e. The highest BCUT2D eigenvalue weighted by atomic mass is 32.2. The van der Waals surface area contributed by atoms with Crippen molar-refractivity contribution in [3.63, 3.8) is 0 Å². The summed E-state index contributed by atoms with van der Waals surface area (Å²) in [5.74, 6) is 0.899. The Bertz CT molecular complexity index is 866. The van der Waals surface area contributed by atoms with Gasteiger partial charge in [0.05, 0.1) is 18.5 Å². The maximum atomic E-state index is 12.6. The van der Waals surface area contributed by atoms with E-state index in [1.807, 2.05) is 0 Å². The standard InChI is InChI=1S/C20H24N4O3S/c1-4-11-28-20(21)23-15-7-5-14(6-8-15)19(26)24-17-12-16(22-13(2)25)9-10-18(17)27-3/h5-10,12H,4,11H2,1-3H3,(H2,21,23)(H,22,25)(H,24,26). The number of aliphatic imine (C=N–C) groups is 1. The summed E-state index contributed by atoms with van der Waals surface area (Å²) in [7, 11) is 1.51. The van der Waals surface area contributed by atoms with Crippen molar-refractivity contribution >= 4 is 45.8 Å². The zero-order valence-electron chi connectivity index (χ0n) is 16.1. The van der Waals surface area contributed by atoms with Crippen molar-refractivity contribution in [1.29, 1.82) is 0 Å². The zero-order valence-corrected chi connectivity index (χ0v) is 16.9. The number of carbonyl (C=O) groups is 2. The van der Waals surface area contributed by atoms with Crippen LogP contribution in [0.1, 0.15) is 30.6 Å². The molecule has 0 aliphatic rings. The van der Waals surface area contributed by atoms with Gasteiger partial charge in [0.1, 0.15) is 5.75 Å². The van der Waals surface area contributed by atoms with Gasteiger partial charge >= 0.3 is 0 Å². The van der Waals surface area contributed by atoms with Crippen LogP contribution < -0.4 is 21.1 Å². The molecule has 4 N–H and O–H groups in total. The lowest BCUT2D eigenvalue weighted by molar-refractivity contribution is -0.114. The second-order valence-electron chi connectivity index (χ2n) is 5.90. The fourth-order valence-electron chi connectivity index (χ4n) is 2.33. The number of rotatable bonds is 7. The van der Waals surface area contributed by atoms with Crippen molar-refractivity contribution in [2.45, 2.75) is 20.3 Å². The van der Waals surface area contributed by atoms with Crippen LogP contribution in [0.4, 0.5) is 17.1 Å². The van der Waals surface area contributed by atoms with Crippen LogP contribution in [0.25, 0.3) is 0 Å². The van der Waals surface area contributed by atoms with Crippen molar-refractivity contribution in [3.05, 3.63) is 48.0 Å². The summed E-state index contributed by atoms with van der Waals surface area (Å²) in [6.45, 7) is 3.49. The fraction of sp³-hybridized carbons (Fsp3) is 0.250. The van der Waals surface area contributed by atoms with Crippen molar-refractivity contribution in [2.24, 2.45) is 10.7 Å². The van der Waals surface area contributed by atoms with E-state index in [-0.39, 0.29) is 11.8 Å². The number of thioether (sulfide) groups is 1. The van der Waals surface area contributed by atoms with Crippen LogP contribution in [0, 0.1) is 0 Å². The fourth-order valence-corrected chi connectivity index (χ4v) is 2.92. The largest absolute Gasteiger partial charge is 0.495 e. The third kappa shape index (κ3) is 6.31. The highest BCUT2D eigenvalue weighted by Crippen LogP contribution is 2.28. The number of carbonyl (C=O) groups excluding carboxylic acids is 2. The van der Waals surface area contributed by atoms with Crippen LogP contribution in [0.3, 0.4) is 0 Å².